The molecule has 0 aliphatic carbocycles. The van der Waals surface area contributed by atoms with Gasteiger partial charge in [-0.15, -0.1) is 24.0 Å². The van der Waals surface area contributed by atoms with Crippen LogP contribution < -0.4 is 15.8 Å². The van der Waals surface area contributed by atoms with E-state index in [9.17, 15) is 0 Å². The van der Waals surface area contributed by atoms with Crippen LogP contribution in [0.2, 0.25) is 0 Å². The molecule has 0 saturated carbocycles. The summed E-state index contributed by atoms with van der Waals surface area (Å²) in [5.41, 5.74) is 7.77. The summed E-state index contributed by atoms with van der Waals surface area (Å²) in [5.74, 6) is 1.20. The summed E-state index contributed by atoms with van der Waals surface area (Å²) in [6.45, 7) is 0.482. The number of para-hydroxylation sites is 2. The van der Waals surface area contributed by atoms with Crippen LogP contribution in [0.5, 0.6) is 5.75 Å². The van der Waals surface area contributed by atoms with Crippen molar-refractivity contribution in [3.63, 3.8) is 0 Å². The molecule has 3 N–H and O–H groups in total. The summed E-state index contributed by atoms with van der Waals surface area (Å²) < 4.78 is 5.27. The first kappa shape index (κ1) is 16.3. The molecule has 0 aliphatic heterocycles. The minimum Gasteiger partial charge on any atom is -0.496 e. The molecule has 2 aromatic rings. The van der Waals surface area contributed by atoms with Crippen LogP contribution in [0.3, 0.4) is 0 Å². The molecule has 0 amide bonds. The zero-order valence-corrected chi connectivity index (χ0v) is 13.6. The number of nitrogens with two attached hydrogens (primary N) is 1. The number of guanidine groups is 1. The van der Waals surface area contributed by atoms with E-state index >= 15 is 0 Å². The molecule has 0 aliphatic rings. The number of aliphatic imine (C=N–C) groups is 1. The fraction of sp³-hybridized carbons (Fsp3) is 0.133. The molecule has 20 heavy (non-hydrogen) atoms. The van der Waals surface area contributed by atoms with Crippen LogP contribution in [0.15, 0.2) is 59.6 Å². The number of methoxy groups -OCH3 is 1. The zero-order chi connectivity index (χ0) is 13.5. The summed E-state index contributed by atoms with van der Waals surface area (Å²) in [4.78, 5) is 4.30. The Balaban J connectivity index is 0.00000200. The Morgan fingerprint density at radius 3 is 2.45 bits per heavy atom. The van der Waals surface area contributed by atoms with Gasteiger partial charge in [-0.1, -0.05) is 36.4 Å². The van der Waals surface area contributed by atoms with Crippen LogP contribution in [-0.2, 0) is 6.54 Å². The number of nitrogens with zero attached hydrogens (tertiary/aromatic N) is 1. The molecule has 0 radical (unpaired) electrons. The molecule has 2 rings (SSSR count). The fourth-order valence-corrected chi connectivity index (χ4v) is 1.71. The molecule has 0 fully saturated rings. The summed E-state index contributed by atoms with van der Waals surface area (Å²) in [5, 5.41) is 3.04. The van der Waals surface area contributed by atoms with E-state index in [1.54, 1.807) is 7.11 Å². The molecule has 2 aromatic carbocycles. The Morgan fingerprint density at radius 2 is 1.75 bits per heavy atom. The van der Waals surface area contributed by atoms with Gasteiger partial charge in [0.25, 0.3) is 0 Å². The molecular formula is C15H18IN3O. The normalized spacial score (nSPS) is 10.6. The van der Waals surface area contributed by atoms with E-state index in [0.29, 0.717) is 12.5 Å². The van der Waals surface area contributed by atoms with Crippen molar-refractivity contribution >= 4 is 35.6 Å². The molecule has 0 bridgehead atoms. The monoisotopic (exact) mass is 383 g/mol. The molecule has 0 unspecified atom stereocenters. The van der Waals surface area contributed by atoms with Gasteiger partial charge in [0.1, 0.15) is 5.75 Å². The smallest absolute Gasteiger partial charge is 0.193 e. The van der Waals surface area contributed by atoms with Gasteiger partial charge in [-0.3, -0.25) is 0 Å². The average molecular weight is 383 g/mol. The number of anilines is 1. The van der Waals surface area contributed by atoms with Crippen LogP contribution in [0, 0.1) is 0 Å². The lowest BCUT2D eigenvalue weighted by Crippen LogP contribution is -2.22. The van der Waals surface area contributed by atoms with Crippen LogP contribution >= 0.6 is 24.0 Å². The van der Waals surface area contributed by atoms with Crippen molar-refractivity contribution < 1.29 is 4.74 Å². The standard InChI is InChI=1S/C15H17N3O.HI/c1-19-14-10-6-5-7-12(14)11-17-15(16)18-13-8-3-2-4-9-13;/h2-10H,11H2,1H3,(H3,16,17,18);1H. The Hall–Kier alpha value is -1.76. The number of benzene rings is 2. The van der Waals surface area contributed by atoms with E-state index in [0.717, 1.165) is 17.0 Å². The van der Waals surface area contributed by atoms with Crippen molar-refractivity contribution in [1.29, 1.82) is 0 Å². The van der Waals surface area contributed by atoms with Gasteiger partial charge in [0.2, 0.25) is 0 Å². The second-order valence-electron chi connectivity index (χ2n) is 4.00. The minimum absolute atomic E-state index is 0. The maximum atomic E-state index is 5.84. The van der Waals surface area contributed by atoms with Gasteiger partial charge < -0.3 is 15.8 Å². The lowest BCUT2D eigenvalue weighted by molar-refractivity contribution is 0.410. The number of nitrogens with one attached hydrogen (secondary N) is 1. The Labute approximate surface area is 136 Å². The molecule has 0 aromatic heterocycles. The van der Waals surface area contributed by atoms with Gasteiger partial charge in [-0.2, -0.15) is 0 Å². The highest BCUT2D eigenvalue weighted by atomic mass is 127. The van der Waals surface area contributed by atoms with Gasteiger partial charge in [-0.05, 0) is 18.2 Å². The van der Waals surface area contributed by atoms with Crippen molar-refractivity contribution in [1.82, 2.24) is 0 Å². The van der Waals surface area contributed by atoms with Gasteiger partial charge in [0, 0.05) is 11.3 Å². The van der Waals surface area contributed by atoms with Gasteiger partial charge >= 0.3 is 0 Å². The molecule has 106 valence electrons. The third-order valence-electron chi connectivity index (χ3n) is 2.66. The number of hydrogen-bond acceptors (Lipinski definition) is 2. The van der Waals surface area contributed by atoms with E-state index in [4.69, 9.17) is 10.5 Å². The summed E-state index contributed by atoms with van der Waals surface area (Å²) in [7, 11) is 1.65. The highest BCUT2D eigenvalue weighted by Crippen LogP contribution is 2.17. The number of hydrogen-bond donors (Lipinski definition) is 2. The van der Waals surface area contributed by atoms with Crippen molar-refractivity contribution in [2.45, 2.75) is 6.54 Å². The summed E-state index contributed by atoms with van der Waals surface area (Å²) >= 11 is 0. The van der Waals surface area contributed by atoms with Crippen LogP contribution in [0.1, 0.15) is 5.56 Å². The van der Waals surface area contributed by atoms with E-state index < -0.39 is 0 Å². The molecule has 0 saturated heterocycles. The predicted octanol–water partition coefficient (Wildman–Crippen LogP) is 3.24. The lowest BCUT2D eigenvalue weighted by Gasteiger charge is -2.07. The second-order valence-corrected chi connectivity index (χ2v) is 4.00. The molecule has 4 nitrogen and oxygen atoms in total. The summed E-state index contributed by atoms with van der Waals surface area (Å²) in [6, 6.07) is 17.5. The minimum atomic E-state index is 0. The number of halogens is 1. The quantitative estimate of drug-likeness (QED) is 0.484. The van der Waals surface area contributed by atoms with Crippen LogP contribution in [0.4, 0.5) is 5.69 Å². The predicted molar refractivity (Wildman–Crippen MR) is 93.8 cm³/mol. The Morgan fingerprint density at radius 1 is 1.10 bits per heavy atom. The van der Waals surface area contributed by atoms with Gasteiger partial charge in [0.15, 0.2) is 5.96 Å². The first-order valence-corrected chi connectivity index (χ1v) is 6.03. The fourth-order valence-electron chi connectivity index (χ4n) is 1.71. The Kier molecular flexibility index (Phi) is 6.86. The summed E-state index contributed by atoms with van der Waals surface area (Å²) in [6.07, 6.45) is 0. The van der Waals surface area contributed by atoms with E-state index in [1.807, 2.05) is 54.6 Å². The zero-order valence-electron chi connectivity index (χ0n) is 11.2. The maximum absolute atomic E-state index is 5.84. The van der Waals surface area contributed by atoms with Crippen LogP contribution in [0.25, 0.3) is 0 Å². The van der Waals surface area contributed by atoms with Crippen molar-refractivity contribution in [2.75, 3.05) is 12.4 Å². The molecule has 0 atom stereocenters. The van der Waals surface area contributed by atoms with Crippen molar-refractivity contribution in [2.24, 2.45) is 10.7 Å². The SMILES string of the molecule is COc1ccccc1CN=C(N)Nc1ccccc1.I. The second kappa shape index (κ2) is 8.42. The molecule has 0 heterocycles. The molecule has 5 heteroatoms. The van der Waals surface area contributed by atoms with E-state index in [2.05, 4.69) is 10.3 Å². The first-order valence-electron chi connectivity index (χ1n) is 6.03. The lowest BCUT2D eigenvalue weighted by atomic mass is 10.2. The largest absolute Gasteiger partial charge is 0.496 e. The topological polar surface area (TPSA) is 59.6 Å². The van der Waals surface area contributed by atoms with Gasteiger partial charge in [-0.25, -0.2) is 4.99 Å². The van der Waals surface area contributed by atoms with Gasteiger partial charge in [0.05, 0.1) is 13.7 Å². The average Bonchev–Trinajstić information content (AvgIpc) is 2.46. The number of ether oxygens (including phenoxy) is 1. The third kappa shape index (κ3) is 4.73. The van der Waals surface area contributed by atoms with E-state index in [1.165, 1.54) is 0 Å². The highest BCUT2D eigenvalue weighted by molar-refractivity contribution is 14.0. The van der Waals surface area contributed by atoms with Crippen molar-refractivity contribution in [3.05, 3.63) is 60.2 Å². The Bertz CT molecular complexity index is 558. The van der Waals surface area contributed by atoms with Crippen LogP contribution in [-0.4, -0.2) is 13.1 Å². The maximum Gasteiger partial charge on any atom is 0.193 e. The third-order valence-corrected chi connectivity index (χ3v) is 2.66. The first-order chi connectivity index (χ1) is 9.29. The molecular weight excluding hydrogens is 365 g/mol. The number of rotatable bonds is 4. The van der Waals surface area contributed by atoms with Crippen molar-refractivity contribution in [3.8, 4) is 5.75 Å². The van der Waals surface area contributed by atoms with E-state index in [-0.39, 0.29) is 24.0 Å². The molecule has 0 spiro atoms. The highest BCUT2D eigenvalue weighted by Gasteiger charge is 2.00.